The summed E-state index contributed by atoms with van der Waals surface area (Å²) in [5.74, 6) is 0. The van der Waals surface area contributed by atoms with Gasteiger partial charge in [-0.15, -0.1) is 11.3 Å². The summed E-state index contributed by atoms with van der Waals surface area (Å²) in [6.45, 7) is 6.83. The number of nitrogens with one attached hydrogen (secondary N) is 1. The summed E-state index contributed by atoms with van der Waals surface area (Å²) < 4.78 is 0. The van der Waals surface area contributed by atoms with Crippen molar-refractivity contribution in [3.63, 3.8) is 0 Å². The summed E-state index contributed by atoms with van der Waals surface area (Å²) in [5.41, 5.74) is 1.25. The molecule has 1 aliphatic rings. The topological polar surface area (TPSA) is 28.2 Å². The molecule has 1 fully saturated rings. The van der Waals surface area contributed by atoms with Crippen LogP contribution in [0.5, 0.6) is 0 Å². The van der Waals surface area contributed by atoms with E-state index in [0.717, 1.165) is 13.0 Å². The van der Waals surface area contributed by atoms with Crippen LogP contribution in [0.4, 0.5) is 0 Å². The maximum absolute atomic E-state index is 4.82. The van der Waals surface area contributed by atoms with Crippen molar-refractivity contribution < 1.29 is 0 Å². The molecule has 0 aliphatic carbocycles. The van der Waals surface area contributed by atoms with Gasteiger partial charge >= 0.3 is 0 Å². The Bertz CT molecular complexity index is 350. The van der Waals surface area contributed by atoms with Gasteiger partial charge in [-0.2, -0.15) is 0 Å². The highest BCUT2D eigenvalue weighted by molar-refractivity contribution is 7.09. The van der Waals surface area contributed by atoms with E-state index in [9.17, 15) is 0 Å². The molecule has 1 N–H and O–H groups in total. The lowest BCUT2D eigenvalue weighted by Gasteiger charge is -2.20. The smallest absolute Gasteiger partial charge is 0.110 e. The fourth-order valence-corrected chi connectivity index (χ4v) is 3.47. The van der Waals surface area contributed by atoms with Crippen LogP contribution in [0, 0.1) is 0 Å². The minimum absolute atomic E-state index is 0.510. The van der Waals surface area contributed by atoms with Gasteiger partial charge < -0.3 is 5.32 Å². The molecule has 0 radical (unpaired) electrons. The molecule has 2 heterocycles. The molecule has 0 spiro atoms. The van der Waals surface area contributed by atoms with Crippen molar-refractivity contribution in [3.8, 4) is 0 Å². The largest absolute Gasteiger partial charge is 0.317 e. The Labute approximate surface area is 108 Å². The Hall–Kier alpha value is -0.450. The minimum Gasteiger partial charge on any atom is -0.317 e. The molecule has 1 aliphatic heterocycles. The van der Waals surface area contributed by atoms with Crippen molar-refractivity contribution in [1.29, 1.82) is 0 Å². The van der Waals surface area contributed by atoms with Crippen LogP contribution in [0.1, 0.15) is 43.4 Å². The van der Waals surface area contributed by atoms with Gasteiger partial charge in [0.15, 0.2) is 0 Å². The molecular weight excluding hydrogens is 230 g/mol. The molecule has 1 aromatic rings. The number of hydrogen-bond acceptors (Lipinski definition) is 4. The molecule has 1 saturated heterocycles. The van der Waals surface area contributed by atoms with E-state index in [1.165, 1.54) is 30.1 Å². The van der Waals surface area contributed by atoms with E-state index in [0.29, 0.717) is 12.1 Å². The SMILES string of the molecule is CCN1CCCC1c1nc(CC(C)NC)cs1. The zero-order valence-corrected chi connectivity index (χ0v) is 11.9. The average Bonchev–Trinajstić information content (AvgIpc) is 2.95. The van der Waals surface area contributed by atoms with Crippen molar-refractivity contribution >= 4 is 11.3 Å². The molecule has 17 heavy (non-hydrogen) atoms. The van der Waals surface area contributed by atoms with Gasteiger partial charge in [0, 0.05) is 17.8 Å². The van der Waals surface area contributed by atoms with Gasteiger partial charge in [0.25, 0.3) is 0 Å². The maximum atomic E-state index is 4.82. The number of thiazole rings is 1. The van der Waals surface area contributed by atoms with Crippen molar-refractivity contribution in [2.45, 2.75) is 45.2 Å². The summed E-state index contributed by atoms with van der Waals surface area (Å²) in [4.78, 5) is 7.36. The maximum Gasteiger partial charge on any atom is 0.110 e. The van der Waals surface area contributed by atoms with Gasteiger partial charge in [0.1, 0.15) is 5.01 Å². The van der Waals surface area contributed by atoms with Crippen molar-refractivity contribution in [2.24, 2.45) is 0 Å². The molecule has 0 bridgehead atoms. The second kappa shape index (κ2) is 5.94. The third-order valence-electron chi connectivity index (χ3n) is 3.63. The second-order valence-electron chi connectivity index (χ2n) is 4.86. The zero-order valence-electron chi connectivity index (χ0n) is 11.1. The summed E-state index contributed by atoms with van der Waals surface area (Å²) in [6.07, 6.45) is 3.63. The summed E-state index contributed by atoms with van der Waals surface area (Å²) in [6, 6.07) is 1.10. The lowest BCUT2D eigenvalue weighted by Crippen LogP contribution is -2.24. The first kappa shape index (κ1) is 13.0. The number of hydrogen-bond donors (Lipinski definition) is 1. The number of rotatable bonds is 5. The van der Waals surface area contributed by atoms with E-state index in [4.69, 9.17) is 4.98 Å². The molecule has 96 valence electrons. The van der Waals surface area contributed by atoms with Crippen LogP contribution in [0.3, 0.4) is 0 Å². The van der Waals surface area contributed by atoms with Gasteiger partial charge in [-0.1, -0.05) is 6.92 Å². The van der Waals surface area contributed by atoms with Crippen LogP contribution < -0.4 is 5.32 Å². The quantitative estimate of drug-likeness (QED) is 0.873. The van der Waals surface area contributed by atoms with E-state index < -0.39 is 0 Å². The predicted molar refractivity (Wildman–Crippen MR) is 73.6 cm³/mol. The van der Waals surface area contributed by atoms with Crippen molar-refractivity contribution in [1.82, 2.24) is 15.2 Å². The molecule has 2 atom stereocenters. The molecule has 2 rings (SSSR count). The van der Waals surface area contributed by atoms with Gasteiger partial charge in [-0.3, -0.25) is 4.90 Å². The Morgan fingerprint density at radius 3 is 3.18 bits per heavy atom. The highest BCUT2D eigenvalue weighted by atomic mass is 32.1. The molecular formula is C13H23N3S. The highest BCUT2D eigenvalue weighted by Crippen LogP contribution is 2.33. The molecule has 0 saturated carbocycles. The van der Waals surface area contributed by atoms with E-state index in [1.54, 1.807) is 0 Å². The predicted octanol–water partition coefficient (Wildman–Crippen LogP) is 2.45. The Kier molecular flexibility index (Phi) is 4.54. The van der Waals surface area contributed by atoms with E-state index >= 15 is 0 Å². The number of likely N-dealkylation sites (N-methyl/N-ethyl adjacent to an activating group) is 1. The fraction of sp³-hybridized carbons (Fsp3) is 0.769. The lowest BCUT2D eigenvalue weighted by molar-refractivity contribution is 0.271. The number of nitrogens with zero attached hydrogens (tertiary/aromatic N) is 2. The standard InChI is InChI=1S/C13H23N3S/c1-4-16-7-5-6-12(16)13-15-11(9-17-13)8-10(2)14-3/h9-10,12,14H,4-8H2,1-3H3. The van der Waals surface area contributed by atoms with Crippen LogP contribution in [-0.4, -0.2) is 36.1 Å². The number of likely N-dealkylation sites (tertiary alicyclic amines) is 1. The van der Waals surface area contributed by atoms with E-state index in [2.05, 4.69) is 29.4 Å². The van der Waals surface area contributed by atoms with Gasteiger partial charge in [-0.05, 0) is 39.9 Å². The average molecular weight is 253 g/mol. The first-order chi connectivity index (χ1) is 8.24. The Morgan fingerprint density at radius 1 is 1.65 bits per heavy atom. The molecule has 3 nitrogen and oxygen atoms in total. The minimum atomic E-state index is 0.510. The number of aromatic nitrogens is 1. The van der Waals surface area contributed by atoms with Crippen LogP contribution in [0.2, 0.25) is 0 Å². The van der Waals surface area contributed by atoms with E-state index in [1.807, 2.05) is 18.4 Å². The molecule has 0 amide bonds. The third-order valence-corrected chi connectivity index (χ3v) is 4.63. The van der Waals surface area contributed by atoms with Crippen LogP contribution in [-0.2, 0) is 6.42 Å². The van der Waals surface area contributed by atoms with Crippen molar-refractivity contribution in [3.05, 3.63) is 16.1 Å². The van der Waals surface area contributed by atoms with Crippen LogP contribution >= 0.6 is 11.3 Å². The van der Waals surface area contributed by atoms with Crippen molar-refractivity contribution in [2.75, 3.05) is 20.1 Å². The second-order valence-corrected chi connectivity index (χ2v) is 5.75. The molecule has 4 heteroatoms. The van der Waals surface area contributed by atoms with E-state index in [-0.39, 0.29) is 0 Å². The first-order valence-electron chi connectivity index (χ1n) is 6.60. The Balaban J connectivity index is 2.02. The van der Waals surface area contributed by atoms with Crippen LogP contribution in [0.15, 0.2) is 5.38 Å². The first-order valence-corrected chi connectivity index (χ1v) is 7.48. The third kappa shape index (κ3) is 3.06. The summed E-state index contributed by atoms with van der Waals surface area (Å²) in [7, 11) is 2.01. The van der Waals surface area contributed by atoms with Gasteiger partial charge in [-0.25, -0.2) is 4.98 Å². The highest BCUT2D eigenvalue weighted by Gasteiger charge is 2.26. The Morgan fingerprint density at radius 2 is 2.47 bits per heavy atom. The summed E-state index contributed by atoms with van der Waals surface area (Å²) >= 11 is 1.84. The van der Waals surface area contributed by atoms with Crippen LogP contribution in [0.25, 0.3) is 0 Å². The van der Waals surface area contributed by atoms with Gasteiger partial charge in [0.2, 0.25) is 0 Å². The fourth-order valence-electron chi connectivity index (χ4n) is 2.47. The molecule has 0 aromatic carbocycles. The summed E-state index contributed by atoms with van der Waals surface area (Å²) in [5, 5.41) is 6.82. The lowest BCUT2D eigenvalue weighted by atomic mass is 10.2. The monoisotopic (exact) mass is 253 g/mol. The molecule has 1 aromatic heterocycles. The zero-order chi connectivity index (χ0) is 12.3. The van der Waals surface area contributed by atoms with Gasteiger partial charge in [0.05, 0.1) is 11.7 Å². The normalized spacial score (nSPS) is 23.1. The molecule has 2 unspecified atom stereocenters.